The van der Waals surface area contributed by atoms with E-state index in [1.54, 1.807) is 11.4 Å². The molecule has 0 aliphatic carbocycles. The van der Waals surface area contributed by atoms with E-state index in [9.17, 15) is 21.2 Å². The average Bonchev–Trinajstić information content (AvgIpc) is 3.10. The van der Waals surface area contributed by atoms with Crippen LogP contribution in [0.1, 0.15) is 0 Å². The smallest absolute Gasteiger partial charge is 0.207 e. The van der Waals surface area contributed by atoms with Gasteiger partial charge in [-0.3, -0.25) is 0 Å². The highest BCUT2D eigenvalue weighted by atomic mass is 32.2. The van der Waals surface area contributed by atoms with Gasteiger partial charge < -0.3 is 0 Å². The van der Waals surface area contributed by atoms with Crippen molar-refractivity contribution in [3.05, 3.63) is 47.6 Å². The molecule has 0 amide bonds. The molecule has 0 radical (unpaired) electrons. The van der Waals surface area contributed by atoms with Crippen molar-refractivity contribution in [2.45, 2.75) is 9.10 Å². The number of thiophene rings is 1. The first-order valence-electron chi connectivity index (χ1n) is 7.11. The Morgan fingerprint density at radius 2 is 1.50 bits per heavy atom. The molecule has 2 aromatic rings. The highest BCUT2D eigenvalue weighted by molar-refractivity contribution is 7.91. The minimum absolute atomic E-state index is 0.0312. The zero-order chi connectivity index (χ0) is 17.4. The Labute approximate surface area is 144 Å². The number of nitrogens with zero attached hydrogens (tertiary/aromatic N) is 2. The summed E-state index contributed by atoms with van der Waals surface area (Å²) in [5, 5.41) is 1.68. The zero-order valence-electron chi connectivity index (χ0n) is 12.5. The van der Waals surface area contributed by atoms with Crippen molar-refractivity contribution in [3.63, 3.8) is 0 Å². The molecule has 24 heavy (non-hydrogen) atoms. The first-order chi connectivity index (χ1) is 11.3. The fourth-order valence-electron chi connectivity index (χ4n) is 2.46. The Bertz CT molecular complexity index is 919. The molecule has 1 aromatic carbocycles. The first kappa shape index (κ1) is 17.5. The number of sulfonamides is 2. The van der Waals surface area contributed by atoms with Crippen LogP contribution in [0.4, 0.5) is 4.39 Å². The van der Waals surface area contributed by atoms with Crippen molar-refractivity contribution in [2.75, 3.05) is 26.2 Å². The number of benzene rings is 1. The summed E-state index contributed by atoms with van der Waals surface area (Å²) in [5.41, 5.74) is 0. The maximum atomic E-state index is 13.3. The monoisotopic (exact) mass is 390 g/mol. The van der Waals surface area contributed by atoms with Crippen molar-refractivity contribution < 1.29 is 21.2 Å². The molecular formula is C14H15FN2O4S3. The van der Waals surface area contributed by atoms with Crippen molar-refractivity contribution in [1.29, 1.82) is 0 Å². The number of halogens is 1. The third-order valence-electron chi connectivity index (χ3n) is 3.72. The lowest BCUT2D eigenvalue weighted by Gasteiger charge is -2.32. The Morgan fingerprint density at radius 3 is 2.04 bits per heavy atom. The van der Waals surface area contributed by atoms with Crippen LogP contribution < -0.4 is 0 Å². The lowest BCUT2D eigenvalue weighted by atomic mass is 10.4. The molecule has 0 unspecified atom stereocenters. The van der Waals surface area contributed by atoms with E-state index < -0.39 is 25.9 Å². The number of piperazine rings is 1. The van der Waals surface area contributed by atoms with Crippen LogP contribution in [0.2, 0.25) is 0 Å². The maximum Gasteiger partial charge on any atom is 0.252 e. The second kappa shape index (κ2) is 6.52. The summed E-state index contributed by atoms with van der Waals surface area (Å²) in [6.45, 7) is 0.191. The third kappa shape index (κ3) is 3.24. The van der Waals surface area contributed by atoms with Crippen molar-refractivity contribution >= 4 is 31.4 Å². The summed E-state index contributed by atoms with van der Waals surface area (Å²) in [5.74, 6) is -0.630. The number of hydrogen-bond acceptors (Lipinski definition) is 5. The van der Waals surface area contributed by atoms with Crippen LogP contribution in [0, 0.1) is 5.82 Å². The summed E-state index contributed by atoms with van der Waals surface area (Å²) in [6, 6.07) is 7.97. The molecular weight excluding hydrogens is 375 g/mol. The molecule has 0 spiro atoms. The van der Waals surface area contributed by atoms with Crippen molar-refractivity contribution in [1.82, 2.24) is 8.61 Å². The minimum atomic E-state index is -3.83. The van der Waals surface area contributed by atoms with E-state index in [0.717, 1.165) is 17.4 Å². The van der Waals surface area contributed by atoms with Crippen LogP contribution in [-0.2, 0) is 20.0 Å². The van der Waals surface area contributed by atoms with Crippen molar-refractivity contribution in [3.8, 4) is 0 Å². The largest absolute Gasteiger partial charge is 0.252 e. The molecule has 130 valence electrons. The summed E-state index contributed by atoms with van der Waals surface area (Å²) < 4.78 is 65.9. The van der Waals surface area contributed by atoms with Gasteiger partial charge in [0.25, 0.3) is 10.0 Å². The fourth-order valence-corrected chi connectivity index (χ4v) is 6.49. The summed E-state index contributed by atoms with van der Waals surface area (Å²) >= 11 is 1.13. The van der Waals surface area contributed by atoms with Gasteiger partial charge in [0.1, 0.15) is 10.0 Å². The topological polar surface area (TPSA) is 74.8 Å². The summed E-state index contributed by atoms with van der Waals surface area (Å²) in [7, 11) is -7.42. The molecule has 0 N–H and O–H groups in total. The van der Waals surface area contributed by atoms with Crippen molar-refractivity contribution in [2.24, 2.45) is 0 Å². The molecule has 6 nitrogen and oxygen atoms in total. The standard InChI is InChI=1S/C14H15FN2O4S3/c15-12-3-1-4-13(11-12)23(18,19)16-6-8-17(9-7-16)24(20,21)14-5-2-10-22-14/h1-5,10-11H,6-9H2. The molecule has 2 heterocycles. The van der Waals surface area contributed by atoms with Crippen LogP contribution >= 0.6 is 11.3 Å². The molecule has 1 fully saturated rings. The van der Waals surface area contributed by atoms with E-state index in [0.29, 0.717) is 0 Å². The average molecular weight is 390 g/mol. The van der Waals surface area contributed by atoms with E-state index in [1.165, 1.54) is 32.9 Å². The minimum Gasteiger partial charge on any atom is -0.207 e. The van der Waals surface area contributed by atoms with Gasteiger partial charge in [-0.2, -0.15) is 8.61 Å². The predicted octanol–water partition coefficient (Wildman–Crippen LogP) is 1.58. The van der Waals surface area contributed by atoms with Gasteiger partial charge in [0.15, 0.2) is 0 Å². The Kier molecular flexibility index (Phi) is 4.76. The Balaban J connectivity index is 1.76. The van der Waals surface area contributed by atoms with Gasteiger partial charge in [0.2, 0.25) is 10.0 Å². The van der Waals surface area contributed by atoms with Gasteiger partial charge in [-0.05, 0) is 29.6 Å². The van der Waals surface area contributed by atoms with Gasteiger partial charge in [-0.25, -0.2) is 21.2 Å². The molecule has 1 aliphatic heterocycles. The molecule has 0 saturated carbocycles. The molecule has 3 rings (SSSR count). The second-order valence-electron chi connectivity index (χ2n) is 5.20. The quantitative estimate of drug-likeness (QED) is 0.794. The number of rotatable bonds is 4. The molecule has 1 aromatic heterocycles. The van der Waals surface area contributed by atoms with Crippen LogP contribution in [0.15, 0.2) is 50.9 Å². The second-order valence-corrected chi connectivity index (χ2v) is 10.2. The zero-order valence-corrected chi connectivity index (χ0v) is 14.9. The van der Waals surface area contributed by atoms with E-state index in [2.05, 4.69) is 0 Å². The SMILES string of the molecule is O=S(=O)(c1cccc(F)c1)N1CCN(S(=O)(=O)c2cccs2)CC1. The van der Waals surface area contributed by atoms with Crippen LogP contribution in [0.5, 0.6) is 0 Å². The summed E-state index contributed by atoms with van der Waals surface area (Å²) in [4.78, 5) is -0.128. The summed E-state index contributed by atoms with van der Waals surface area (Å²) in [6.07, 6.45) is 0. The highest BCUT2D eigenvalue weighted by Crippen LogP contribution is 2.24. The molecule has 10 heteroatoms. The predicted molar refractivity (Wildman–Crippen MR) is 88.2 cm³/mol. The van der Waals surface area contributed by atoms with E-state index in [-0.39, 0.29) is 35.3 Å². The van der Waals surface area contributed by atoms with Gasteiger partial charge >= 0.3 is 0 Å². The highest BCUT2D eigenvalue weighted by Gasteiger charge is 2.34. The molecule has 1 aliphatic rings. The fraction of sp³-hybridized carbons (Fsp3) is 0.286. The lowest BCUT2D eigenvalue weighted by Crippen LogP contribution is -2.50. The molecule has 1 saturated heterocycles. The Hall–Kier alpha value is -1.33. The van der Waals surface area contributed by atoms with E-state index in [4.69, 9.17) is 0 Å². The maximum absolute atomic E-state index is 13.3. The normalized spacial score (nSPS) is 17.9. The number of hydrogen-bond donors (Lipinski definition) is 0. The van der Waals surface area contributed by atoms with Crippen LogP contribution in [0.25, 0.3) is 0 Å². The van der Waals surface area contributed by atoms with Gasteiger partial charge in [0, 0.05) is 26.2 Å². The Morgan fingerprint density at radius 1 is 0.875 bits per heavy atom. The lowest BCUT2D eigenvalue weighted by molar-refractivity contribution is 0.273. The molecule has 0 atom stereocenters. The van der Waals surface area contributed by atoms with Gasteiger partial charge in [-0.15, -0.1) is 11.3 Å². The van der Waals surface area contributed by atoms with E-state index >= 15 is 0 Å². The van der Waals surface area contributed by atoms with Gasteiger partial charge in [0.05, 0.1) is 4.90 Å². The van der Waals surface area contributed by atoms with Crippen LogP contribution in [-0.4, -0.2) is 51.6 Å². The first-order valence-corrected chi connectivity index (χ1v) is 10.9. The van der Waals surface area contributed by atoms with Gasteiger partial charge in [-0.1, -0.05) is 12.1 Å². The van der Waals surface area contributed by atoms with E-state index in [1.807, 2.05) is 0 Å². The third-order valence-corrected chi connectivity index (χ3v) is 8.89. The molecule has 0 bridgehead atoms. The van der Waals surface area contributed by atoms with Crippen LogP contribution in [0.3, 0.4) is 0 Å².